The SMILES string of the molecule is C#CC(C)(C)c1cc(C(C)C)on1. The zero-order valence-corrected chi connectivity index (χ0v) is 8.59. The molecule has 0 saturated carbocycles. The number of hydrogen-bond donors (Lipinski definition) is 0. The number of nitrogens with zero attached hydrogens (tertiary/aromatic N) is 1. The van der Waals surface area contributed by atoms with Crippen LogP contribution in [0.2, 0.25) is 0 Å². The third-order valence-electron chi connectivity index (χ3n) is 2.10. The van der Waals surface area contributed by atoms with Gasteiger partial charge < -0.3 is 4.52 Å². The van der Waals surface area contributed by atoms with Crippen LogP contribution in [0.1, 0.15) is 45.1 Å². The van der Waals surface area contributed by atoms with E-state index in [4.69, 9.17) is 10.9 Å². The lowest BCUT2D eigenvalue weighted by molar-refractivity contribution is 0.359. The standard InChI is InChI=1S/C11H15NO/c1-6-11(4,5)10-7-9(8(2)3)13-12-10/h1,7-8H,2-5H3. The Bertz CT molecular complexity index is 328. The van der Waals surface area contributed by atoms with Crippen LogP contribution in [0.4, 0.5) is 0 Å². The molecule has 2 nitrogen and oxygen atoms in total. The molecule has 0 aromatic carbocycles. The van der Waals surface area contributed by atoms with Gasteiger partial charge in [0.2, 0.25) is 0 Å². The maximum atomic E-state index is 5.39. The van der Waals surface area contributed by atoms with E-state index >= 15 is 0 Å². The van der Waals surface area contributed by atoms with Crippen LogP contribution in [-0.2, 0) is 5.41 Å². The summed E-state index contributed by atoms with van der Waals surface area (Å²) >= 11 is 0. The molecule has 2 heteroatoms. The molecule has 1 aromatic heterocycles. The first kappa shape index (κ1) is 9.85. The molecule has 0 aliphatic rings. The van der Waals surface area contributed by atoms with Crippen LogP contribution in [0.15, 0.2) is 10.6 Å². The van der Waals surface area contributed by atoms with Gasteiger partial charge in [0.25, 0.3) is 0 Å². The fraction of sp³-hybridized carbons (Fsp3) is 0.545. The minimum absolute atomic E-state index is 0.337. The molecule has 0 aliphatic heterocycles. The van der Waals surface area contributed by atoms with E-state index in [1.165, 1.54) is 0 Å². The summed E-state index contributed by atoms with van der Waals surface area (Å²) in [6.45, 7) is 8.03. The van der Waals surface area contributed by atoms with E-state index < -0.39 is 0 Å². The topological polar surface area (TPSA) is 26.0 Å². The summed E-state index contributed by atoms with van der Waals surface area (Å²) in [6.07, 6.45) is 5.39. The van der Waals surface area contributed by atoms with Gasteiger partial charge in [-0.15, -0.1) is 6.42 Å². The molecule has 0 bridgehead atoms. The van der Waals surface area contributed by atoms with Gasteiger partial charge >= 0.3 is 0 Å². The lowest BCUT2D eigenvalue weighted by Gasteiger charge is -2.11. The molecule has 0 saturated heterocycles. The van der Waals surface area contributed by atoms with Crippen LogP contribution >= 0.6 is 0 Å². The summed E-state index contributed by atoms with van der Waals surface area (Å²) in [7, 11) is 0. The molecule has 0 radical (unpaired) electrons. The molecule has 70 valence electrons. The Morgan fingerprint density at radius 2 is 2.15 bits per heavy atom. The molecule has 1 heterocycles. The largest absolute Gasteiger partial charge is 0.361 e. The quantitative estimate of drug-likeness (QED) is 0.649. The van der Waals surface area contributed by atoms with Crippen LogP contribution in [-0.4, -0.2) is 5.16 Å². The molecular weight excluding hydrogens is 162 g/mol. The molecular formula is C11H15NO. The number of hydrogen-bond acceptors (Lipinski definition) is 2. The van der Waals surface area contributed by atoms with E-state index in [1.54, 1.807) is 0 Å². The van der Waals surface area contributed by atoms with E-state index in [2.05, 4.69) is 24.9 Å². The van der Waals surface area contributed by atoms with Gasteiger partial charge in [-0.1, -0.05) is 24.9 Å². The van der Waals surface area contributed by atoms with Crippen LogP contribution in [0.5, 0.6) is 0 Å². The van der Waals surface area contributed by atoms with Crippen molar-refractivity contribution in [1.29, 1.82) is 0 Å². The minimum atomic E-state index is -0.337. The first-order chi connectivity index (χ1) is 5.97. The van der Waals surface area contributed by atoms with Crippen molar-refractivity contribution in [3.63, 3.8) is 0 Å². The average molecular weight is 177 g/mol. The van der Waals surface area contributed by atoms with E-state index in [0.717, 1.165) is 11.5 Å². The Hall–Kier alpha value is -1.23. The zero-order valence-electron chi connectivity index (χ0n) is 8.59. The molecule has 0 fully saturated rings. The summed E-state index contributed by atoms with van der Waals surface area (Å²) in [6, 6.07) is 1.94. The molecule has 13 heavy (non-hydrogen) atoms. The van der Waals surface area contributed by atoms with Crippen molar-refractivity contribution >= 4 is 0 Å². The summed E-state index contributed by atoms with van der Waals surface area (Å²) in [4.78, 5) is 0. The van der Waals surface area contributed by atoms with E-state index in [1.807, 2.05) is 19.9 Å². The van der Waals surface area contributed by atoms with Crippen LogP contribution < -0.4 is 0 Å². The summed E-state index contributed by atoms with van der Waals surface area (Å²) in [5.74, 6) is 3.93. The lowest BCUT2D eigenvalue weighted by Crippen LogP contribution is -2.13. The van der Waals surface area contributed by atoms with Crippen molar-refractivity contribution in [2.45, 2.75) is 39.0 Å². The highest BCUT2D eigenvalue weighted by molar-refractivity contribution is 5.26. The van der Waals surface area contributed by atoms with E-state index in [9.17, 15) is 0 Å². The van der Waals surface area contributed by atoms with Gasteiger partial charge in [0.1, 0.15) is 11.5 Å². The van der Waals surface area contributed by atoms with Crippen molar-refractivity contribution < 1.29 is 4.52 Å². The Morgan fingerprint density at radius 1 is 1.54 bits per heavy atom. The van der Waals surface area contributed by atoms with Gasteiger partial charge in [-0.25, -0.2) is 0 Å². The van der Waals surface area contributed by atoms with Gasteiger partial charge in [0.05, 0.1) is 5.41 Å². The highest BCUT2D eigenvalue weighted by Crippen LogP contribution is 2.24. The maximum Gasteiger partial charge on any atom is 0.139 e. The van der Waals surface area contributed by atoms with Gasteiger partial charge in [0.15, 0.2) is 0 Å². The van der Waals surface area contributed by atoms with E-state index in [-0.39, 0.29) is 5.41 Å². The fourth-order valence-electron chi connectivity index (χ4n) is 0.930. The molecule has 0 spiro atoms. The van der Waals surface area contributed by atoms with Crippen molar-refractivity contribution in [3.05, 3.63) is 17.5 Å². The summed E-state index contributed by atoms with van der Waals surface area (Å²) in [5, 5.41) is 3.96. The summed E-state index contributed by atoms with van der Waals surface area (Å²) < 4.78 is 5.17. The van der Waals surface area contributed by atoms with Gasteiger partial charge in [-0.3, -0.25) is 0 Å². The molecule has 0 aliphatic carbocycles. The first-order valence-corrected chi connectivity index (χ1v) is 4.42. The van der Waals surface area contributed by atoms with Crippen LogP contribution in [0.3, 0.4) is 0 Å². The Labute approximate surface area is 79.3 Å². The van der Waals surface area contributed by atoms with Gasteiger partial charge in [0, 0.05) is 12.0 Å². The monoisotopic (exact) mass is 177 g/mol. The zero-order chi connectivity index (χ0) is 10.1. The normalized spacial score (nSPS) is 11.7. The molecule has 0 amide bonds. The minimum Gasteiger partial charge on any atom is -0.361 e. The van der Waals surface area contributed by atoms with Gasteiger partial charge in [-0.2, -0.15) is 0 Å². The molecule has 1 rings (SSSR count). The highest BCUT2D eigenvalue weighted by atomic mass is 16.5. The second-order valence-corrected chi connectivity index (χ2v) is 4.04. The third kappa shape index (κ3) is 1.92. The Kier molecular flexibility index (Phi) is 2.47. The number of rotatable bonds is 2. The fourth-order valence-corrected chi connectivity index (χ4v) is 0.930. The molecule has 1 aromatic rings. The van der Waals surface area contributed by atoms with Crippen LogP contribution in [0, 0.1) is 12.3 Å². The van der Waals surface area contributed by atoms with Crippen molar-refractivity contribution in [2.75, 3.05) is 0 Å². The van der Waals surface area contributed by atoms with Crippen molar-refractivity contribution in [3.8, 4) is 12.3 Å². The molecule has 0 N–H and O–H groups in total. The highest BCUT2D eigenvalue weighted by Gasteiger charge is 2.22. The number of aromatic nitrogens is 1. The first-order valence-electron chi connectivity index (χ1n) is 4.42. The van der Waals surface area contributed by atoms with Gasteiger partial charge in [-0.05, 0) is 13.8 Å². The van der Waals surface area contributed by atoms with Crippen LogP contribution in [0.25, 0.3) is 0 Å². The maximum absolute atomic E-state index is 5.39. The Balaban J connectivity index is 3.00. The molecule has 0 unspecified atom stereocenters. The predicted octanol–water partition coefficient (Wildman–Crippen LogP) is 2.71. The van der Waals surface area contributed by atoms with Crippen molar-refractivity contribution in [2.24, 2.45) is 0 Å². The average Bonchev–Trinajstić information content (AvgIpc) is 2.52. The van der Waals surface area contributed by atoms with E-state index in [0.29, 0.717) is 5.92 Å². The number of terminal acetylenes is 1. The van der Waals surface area contributed by atoms with Crippen molar-refractivity contribution in [1.82, 2.24) is 5.16 Å². The molecule has 0 atom stereocenters. The Morgan fingerprint density at radius 3 is 2.54 bits per heavy atom. The second kappa shape index (κ2) is 3.26. The third-order valence-corrected chi connectivity index (χ3v) is 2.10. The smallest absolute Gasteiger partial charge is 0.139 e. The predicted molar refractivity (Wildman–Crippen MR) is 52.5 cm³/mol. The summed E-state index contributed by atoms with van der Waals surface area (Å²) in [5.41, 5.74) is 0.495. The lowest BCUT2D eigenvalue weighted by atomic mass is 9.90. The second-order valence-electron chi connectivity index (χ2n) is 4.04.